The zero-order valence-corrected chi connectivity index (χ0v) is 19.7. The first-order chi connectivity index (χ1) is 17.0. The second kappa shape index (κ2) is 8.02. The van der Waals surface area contributed by atoms with E-state index in [1.807, 2.05) is 75.7 Å². The van der Waals surface area contributed by atoms with Crippen LogP contribution in [0, 0.1) is 6.92 Å². The Hall–Kier alpha value is -4.58. The maximum Gasteiger partial charge on any atom is 0.219 e. The summed E-state index contributed by atoms with van der Waals surface area (Å²) in [6, 6.07) is 25.7. The number of aromatic nitrogens is 3. The Balaban J connectivity index is 1.51. The van der Waals surface area contributed by atoms with Crippen LogP contribution in [-0.4, -0.2) is 33.7 Å². The Labute approximate surface area is 202 Å². The van der Waals surface area contributed by atoms with Gasteiger partial charge in [-0.15, -0.1) is 0 Å². The molecule has 0 aliphatic heterocycles. The highest BCUT2D eigenvalue weighted by atomic mass is 16.5. The summed E-state index contributed by atoms with van der Waals surface area (Å²) in [7, 11) is 4.04. The largest absolute Gasteiger partial charge is 0.506 e. The van der Waals surface area contributed by atoms with E-state index < -0.39 is 0 Å². The Bertz CT molecular complexity index is 1740. The van der Waals surface area contributed by atoms with E-state index in [0.29, 0.717) is 17.1 Å². The number of para-hydroxylation sites is 1. The fourth-order valence-corrected chi connectivity index (χ4v) is 4.57. The zero-order valence-electron chi connectivity index (χ0n) is 19.7. The molecular weight excluding hydrogens is 436 g/mol. The van der Waals surface area contributed by atoms with Gasteiger partial charge in [0.25, 0.3) is 0 Å². The normalized spacial score (nSPS) is 11.4. The summed E-state index contributed by atoms with van der Waals surface area (Å²) in [4.78, 5) is 11.3. The van der Waals surface area contributed by atoms with E-state index in [4.69, 9.17) is 4.74 Å². The number of rotatable bonds is 4. The van der Waals surface area contributed by atoms with Crippen molar-refractivity contribution in [1.82, 2.24) is 14.5 Å². The molecule has 6 aromatic rings. The van der Waals surface area contributed by atoms with Gasteiger partial charge in [-0.05, 0) is 48.9 Å². The van der Waals surface area contributed by atoms with Crippen LogP contribution in [0.15, 0.2) is 85.1 Å². The Morgan fingerprint density at radius 2 is 1.63 bits per heavy atom. The van der Waals surface area contributed by atoms with Crippen molar-refractivity contribution in [3.63, 3.8) is 0 Å². The summed E-state index contributed by atoms with van der Waals surface area (Å²) in [6.07, 6.45) is 1.83. The molecule has 0 aliphatic rings. The van der Waals surface area contributed by atoms with Crippen LogP contribution >= 0.6 is 0 Å². The minimum absolute atomic E-state index is 0.137. The highest BCUT2D eigenvalue weighted by Gasteiger charge is 2.15. The van der Waals surface area contributed by atoms with E-state index >= 15 is 0 Å². The molecule has 0 spiro atoms. The predicted octanol–water partition coefficient (Wildman–Crippen LogP) is 6.60. The number of aryl methyl sites for hydroxylation is 1. The number of hydrogen-bond acceptors (Lipinski definition) is 5. The number of anilines is 1. The highest BCUT2D eigenvalue weighted by molar-refractivity contribution is 6.09. The minimum atomic E-state index is 0.137. The van der Waals surface area contributed by atoms with Gasteiger partial charge in [-0.2, -0.15) is 0 Å². The van der Waals surface area contributed by atoms with Crippen molar-refractivity contribution in [3.8, 4) is 23.2 Å². The number of ether oxygens (including phenoxy) is 1. The quantitative estimate of drug-likeness (QED) is 0.321. The van der Waals surface area contributed by atoms with Crippen LogP contribution in [0.4, 0.5) is 5.69 Å². The number of hydrogen-bond donors (Lipinski definition) is 1. The molecule has 6 heteroatoms. The second-order valence-corrected chi connectivity index (χ2v) is 8.85. The molecule has 172 valence electrons. The van der Waals surface area contributed by atoms with Crippen LogP contribution < -0.4 is 9.64 Å². The smallest absolute Gasteiger partial charge is 0.219 e. The van der Waals surface area contributed by atoms with Crippen molar-refractivity contribution in [2.75, 3.05) is 19.0 Å². The molecule has 0 saturated carbocycles. The molecule has 6 rings (SSSR count). The van der Waals surface area contributed by atoms with Crippen LogP contribution in [0.25, 0.3) is 38.5 Å². The average molecular weight is 461 g/mol. The molecular formula is C29H24N4O2. The Morgan fingerprint density at radius 3 is 2.49 bits per heavy atom. The number of aromatic hydroxyl groups is 1. The van der Waals surface area contributed by atoms with E-state index in [2.05, 4.69) is 43.7 Å². The summed E-state index contributed by atoms with van der Waals surface area (Å²) in [5, 5.41) is 13.5. The maximum absolute atomic E-state index is 10.3. The van der Waals surface area contributed by atoms with Gasteiger partial charge in [0.1, 0.15) is 22.8 Å². The number of fused-ring (bicyclic) bond motifs is 4. The van der Waals surface area contributed by atoms with Gasteiger partial charge in [0.2, 0.25) is 5.88 Å². The molecule has 0 saturated heterocycles. The number of phenolic OH excluding ortho intramolecular Hbond substituents is 1. The molecule has 3 heterocycles. The van der Waals surface area contributed by atoms with Crippen molar-refractivity contribution in [3.05, 3.63) is 90.6 Å². The summed E-state index contributed by atoms with van der Waals surface area (Å²) < 4.78 is 8.33. The third kappa shape index (κ3) is 3.51. The van der Waals surface area contributed by atoms with Gasteiger partial charge < -0.3 is 14.7 Å². The number of pyridine rings is 2. The van der Waals surface area contributed by atoms with Gasteiger partial charge in [-0.3, -0.25) is 4.57 Å². The van der Waals surface area contributed by atoms with E-state index in [-0.39, 0.29) is 5.75 Å². The summed E-state index contributed by atoms with van der Waals surface area (Å²) >= 11 is 0. The lowest BCUT2D eigenvalue weighted by Gasteiger charge is -2.14. The third-order valence-corrected chi connectivity index (χ3v) is 6.37. The van der Waals surface area contributed by atoms with Crippen LogP contribution in [0.2, 0.25) is 0 Å². The molecule has 6 nitrogen and oxygen atoms in total. The lowest BCUT2D eigenvalue weighted by Crippen LogP contribution is -2.09. The SMILES string of the molecule is Cc1ccc(O)c2nc(Oc3ccc4c5ccccc5n(-c5cc(N(C)C)ccn5)c4c3)ccc12. The molecule has 35 heavy (non-hydrogen) atoms. The van der Waals surface area contributed by atoms with E-state index in [9.17, 15) is 5.11 Å². The highest BCUT2D eigenvalue weighted by Crippen LogP contribution is 2.36. The van der Waals surface area contributed by atoms with Gasteiger partial charge in [-0.25, -0.2) is 9.97 Å². The topological polar surface area (TPSA) is 63.4 Å². The van der Waals surface area contributed by atoms with Gasteiger partial charge in [0, 0.05) is 60.3 Å². The fourth-order valence-electron chi connectivity index (χ4n) is 4.57. The predicted molar refractivity (Wildman–Crippen MR) is 141 cm³/mol. The van der Waals surface area contributed by atoms with Gasteiger partial charge >= 0.3 is 0 Å². The molecule has 0 unspecified atom stereocenters. The molecule has 3 aromatic heterocycles. The summed E-state index contributed by atoms with van der Waals surface area (Å²) in [5.74, 6) is 2.06. The lowest BCUT2D eigenvalue weighted by molar-refractivity contribution is 0.460. The molecule has 0 amide bonds. The summed E-state index contributed by atoms with van der Waals surface area (Å²) in [6.45, 7) is 2.00. The number of nitrogens with zero attached hydrogens (tertiary/aromatic N) is 4. The summed E-state index contributed by atoms with van der Waals surface area (Å²) in [5.41, 5.74) is 4.72. The van der Waals surface area contributed by atoms with Crippen molar-refractivity contribution < 1.29 is 9.84 Å². The third-order valence-electron chi connectivity index (χ3n) is 6.37. The average Bonchev–Trinajstić information content (AvgIpc) is 3.20. The van der Waals surface area contributed by atoms with Crippen molar-refractivity contribution >= 4 is 38.4 Å². The van der Waals surface area contributed by atoms with Crippen LogP contribution in [-0.2, 0) is 0 Å². The fraction of sp³-hybridized carbons (Fsp3) is 0.103. The van der Waals surface area contributed by atoms with Gasteiger partial charge in [0.05, 0.1) is 11.0 Å². The Kier molecular flexibility index (Phi) is 4.81. The first-order valence-corrected chi connectivity index (χ1v) is 11.4. The molecule has 0 atom stereocenters. The van der Waals surface area contributed by atoms with Crippen molar-refractivity contribution in [1.29, 1.82) is 0 Å². The lowest BCUT2D eigenvalue weighted by atomic mass is 10.1. The van der Waals surface area contributed by atoms with E-state index in [1.165, 1.54) is 0 Å². The molecule has 0 fully saturated rings. The number of phenols is 1. The maximum atomic E-state index is 10.3. The molecule has 3 aromatic carbocycles. The molecule has 0 aliphatic carbocycles. The van der Waals surface area contributed by atoms with Gasteiger partial charge in [0.15, 0.2) is 0 Å². The first-order valence-electron chi connectivity index (χ1n) is 11.4. The van der Waals surface area contributed by atoms with Gasteiger partial charge in [-0.1, -0.05) is 24.3 Å². The minimum Gasteiger partial charge on any atom is -0.506 e. The van der Waals surface area contributed by atoms with Crippen LogP contribution in [0.5, 0.6) is 17.4 Å². The van der Waals surface area contributed by atoms with Crippen LogP contribution in [0.3, 0.4) is 0 Å². The monoisotopic (exact) mass is 460 g/mol. The second-order valence-electron chi connectivity index (χ2n) is 8.85. The molecule has 0 radical (unpaired) electrons. The van der Waals surface area contributed by atoms with E-state index in [1.54, 1.807) is 6.07 Å². The van der Waals surface area contributed by atoms with Crippen molar-refractivity contribution in [2.45, 2.75) is 6.92 Å². The molecule has 1 N–H and O–H groups in total. The zero-order chi connectivity index (χ0) is 24.1. The van der Waals surface area contributed by atoms with Crippen molar-refractivity contribution in [2.24, 2.45) is 0 Å². The van der Waals surface area contributed by atoms with Crippen LogP contribution in [0.1, 0.15) is 5.56 Å². The van der Waals surface area contributed by atoms with E-state index in [0.717, 1.165) is 44.3 Å². The molecule has 0 bridgehead atoms. The standard InChI is InChI=1S/C29H24N4O2/c1-18-8-12-26(34)29-21(18)11-13-28(31-29)35-20-9-10-23-22-6-4-5-7-24(22)33(25(23)17-20)27-16-19(32(2)3)14-15-30-27/h4-17,34H,1-3H3. The Morgan fingerprint density at radius 1 is 0.829 bits per heavy atom. The first kappa shape index (κ1) is 21.0. The number of benzene rings is 3.